The Morgan fingerprint density at radius 1 is 1.16 bits per heavy atom. The Bertz CT molecular complexity index is 916. The minimum atomic E-state index is -4.22. The normalized spacial score (nSPS) is 26.8. The third kappa shape index (κ3) is 4.31. The van der Waals surface area contributed by atoms with Crippen LogP contribution in [0, 0.1) is 12.3 Å². The summed E-state index contributed by atoms with van der Waals surface area (Å²) >= 11 is 0. The van der Waals surface area contributed by atoms with Crippen molar-refractivity contribution < 1.29 is 17.9 Å². The second kappa shape index (κ2) is 8.00. The number of nitrogens with zero attached hydrogens (tertiary/aromatic N) is 2. The van der Waals surface area contributed by atoms with E-state index in [1.165, 1.54) is 43.3 Å². The zero-order chi connectivity index (χ0) is 21.6. The molecule has 5 rings (SSSR count). The van der Waals surface area contributed by atoms with Gasteiger partial charge in [-0.3, -0.25) is 4.90 Å². The third-order valence-corrected chi connectivity index (χ3v) is 7.54. The number of benzene rings is 1. The highest BCUT2D eigenvalue weighted by molar-refractivity contribution is 5.93. The van der Waals surface area contributed by atoms with Gasteiger partial charge < -0.3 is 14.6 Å². The van der Waals surface area contributed by atoms with Crippen molar-refractivity contribution in [3.63, 3.8) is 0 Å². The fourth-order valence-corrected chi connectivity index (χ4v) is 5.97. The molecule has 0 atom stereocenters. The summed E-state index contributed by atoms with van der Waals surface area (Å²) in [7, 11) is 0. The van der Waals surface area contributed by atoms with Gasteiger partial charge in [0, 0.05) is 54.0 Å². The lowest BCUT2D eigenvalue weighted by Gasteiger charge is -2.55. The molecule has 1 aromatic heterocycles. The van der Waals surface area contributed by atoms with E-state index in [4.69, 9.17) is 4.74 Å². The minimum absolute atomic E-state index is 0.376. The number of halogens is 3. The number of rotatable bonds is 4. The van der Waals surface area contributed by atoms with Crippen LogP contribution in [0.3, 0.4) is 0 Å². The number of hydrogen-bond acceptors (Lipinski definition) is 3. The molecule has 1 spiro atoms. The van der Waals surface area contributed by atoms with E-state index >= 15 is 0 Å². The molecule has 4 nitrogen and oxygen atoms in total. The molecular weight excluding hydrogens is 403 g/mol. The number of ether oxygens (including phenoxy) is 1. The van der Waals surface area contributed by atoms with Gasteiger partial charge in [0.05, 0.1) is 12.1 Å². The van der Waals surface area contributed by atoms with Gasteiger partial charge in [-0.1, -0.05) is 6.07 Å². The molecule has 2 saturated heterocycles. The Hall–Kier alpha value is -1.73. The van der Waals surface area contributed by atoms with E-state index in [1.807, 2.05) is 18.2 Å². The average molecular weight is 436 g/mol. The first-order chi connectivity index (χ1) is 14.8. The SMILES string of the molecule is Cc1cc2c(NC3CCC(N4CC5(CCCOC5)C4)CC3)cccc2n1CC(F)(F)F. The van der Waals surface area contributed by atoms with Crippen molar-refractivity contribution >= 4 is 16.6 Å². The zero-order valence-corrected chi connectivity index (χ0v) is 18.2. The zero-order valence-electron chi connectivity index (χ0n) is 18.2. The van der Waals surface area contributed by atoms with E-state index in [-0.39, 0.29) is 0 Å². The smallest absolute Gasteiger partial charge is 0.382 e. The number of hydrogen-bond donors (Lipinski definition) is 1. The van der Waals surface area contributed by atoms with Crippen LogP contribution in [0.1, 0.15) is 44.2 Å². The van der Waals surface area contributed by atoms with E-state index in [2.05, 4.69) is 10.2 Å². The molecule has 2 aromatic rings. The molecule has 1 N–H and O–H groups in total. The highest BCUT2D eigenvalue weighted by atomic mass is 19.4. The highest BCUT2D eigenvalue weighted by Gasteiger charge is 2.46. The molecule has 0 bridgehead atoms. The van der Waals surface area contributed by atoms with Crippen molar-refractivity contribution in [1.82, 2.24) is 9.47 Å². The van der Waals surface area contributed by atoms with Crippen LogP contribution in [0.5, 0.6) is 0 Å². The molecule has 3 heterocycles. The summed E-state index contributed by atoms with van der Waals surface area (Å²) in [4.78, 5) is 2.65. The summed E-state index contributed by atoms with van der Waals surface area (Å²) in [6, 6.07) is 8.55. The number of alkyl halides is 3. The topological polar surface area (TPSA) is 29.4 Å². The van der Waals surface area contributed by atoms with Crippen LogP contribution in [-0.4, -0.2) is 54.0 Å². The van der Waals surface area contributed by atoms with Gasteiger partial charge in [-0.15, -0.1) is 0 Å². The quantitative estimate of drug-likeness (QED) is 0.702. The average Bonchev–Trinajstić information content (AvgIpc) is 3.02. The second-order valence-electron chi connectivity index (χ2n) is 9.94. The molecule has 31 heavy (non-hydrogen) atoms. The van der Waals surface area contributed by atoms with Crippen LogP contribution in [0.15, 0.2) is 24.3 Å². The van der Waals surface area contributed by atoms with E-state index in [1.54, 1.807) is 13.0 Å². The van der Waals surface area contributed by atoms with Crippen molar-refractivity contribution in [2.45, 2.75) is 70.3 Å². The Labute approximate surface area is 181 Å². The number of nitrogens with one attached hydrogen (secondary N) is 1. The molecule has 2 aliphatic heterocycles. The maximum atomic E-state index is 13.0. The first kappa shape index (κ1) is 21.1. The summed E-state index contributed by atoms with van der Waals surface area (Å²) in [6.07, 6.45) is 2.83. The van der Waals surface area contributed by atoms with Crippen LogP contribution < -0.4 is 5.32 Å². The molecule has 3 fully saturated rings. The van der Waals surface area contributed by atoms with Gasteiger partial charge in [-0.2, -0.15) is 13.2 Å². The monoisotopic (exact) mass is 435 g/mol. The minimum Gasteiger partial charge on any atom is -0.382 e. The molecule has 1 aliphatic carbocycles. The van der Waals surface area contributed by atoms with Gasteiger partial charge in [-0.25, -0.2) is 0 Å². The Morgan fingerprint density at radius 3 is 2.61 bits per heavy atom. The summed E-state index contributed by atoms with van der Waals surface area (Å²) in [5.74, 6) is 0. The van der Waals surface area contributed by atoms with Gasteiger partial charge in [0.25, 0.3) is 0 Å². The van der Waals surface area contributed by atoms with Crippen molar-refractivity contribution in [1.29, 1.82) is 0 Å². The predicted octanol–water partition coefficient (Wildman–Crippen LogP) is 5.35. The molecular formula is C24H32F3N3O. The summed E-state index contributed by atoms with van der Waals surface area (Å²) < 4.78 is 46.1. The van der Waals surface area contributed by atoms with E-state index in [0.29, 0.717) is 28.7 Å². The second-order valence-corrected chi connectivity index (χ2v) is 9.94. The molecule has 3 aliphatic rings. The van der Waals surface area contributed by atoms with E-state index in [9.17, 15) is 13.2 Å². The first-order valence-corrected chi connectivity index (χ1v) is 11.6. The Kier molecular flexibility index (Phi) is 5.45. The lowest BCUT2D eigenvalue weighted by atomic mass is 9.73. The fraction of sp³-hybridized carbons (Fsp3) is 0.667. The van der Waals surface area contributed by atoms with Crippen molar-refractivity contribution in [2.75, 3.05) is 31.6 Å². The maximum Gasteiger partial charge on any atom is 0.406 e. The van der Waals surface area contributed by atoms with Crippen LogP contribution in [0.25, 0.3) is 10.9 Å². The van der Waals surface area contributed by atoms with Crippen LogP contribution >= 0.6 is 0 Å². The largest absolute Gasteiger partial charge is 0.406 e. The number of anilines is 1. The molecule has 170 valence electrons. The van der Waals surface area contributed by atoms with Crippen LogP contribution in [-0.2, 0) is 11.3 Å². The Balaban J connectivity index is 1.20. The number of aromatic nitrogens is 1. The maximum absolute atomic E-state index is 13.0. The lowest BCUT2D eigenvalue weighted by molar-refractivity contribution is -0.140. The molecule has 7 heteroatoms. The van der Waals surface area contributed by atoms with Crippen molar-refractivity contribution in [3.05, 3.63) is 30.0 Å². The van der Waals surface area contributed by atoms with Crippen molar-refractivity contribution in [2.24, 2.45) is 5.41 Å². The number of likely N-dealkylation sites (tertiary alicyclic amines) is 1. The molecule has 1 saturated carbocycles. The number of fused-ring (bicyclic) bond motifs is 1. The van der Waals surface area contributed by atoms with Crippen LogP contribution in [0.4, 0.5) is 18.9 Å². The van der Waals surface area contributed by atoms with E-state index in [0.717, 1.165) is 37.1 Å². The highest BCUT2D eigenvalue weighted by Crippen LogP contribution is 2.41. The molecule has 0 unspecified atom stereocenters. The van der Waals surface area contributed by atoms with Crippen LogP contribution in [0.2, 0.25) is 0 Å². The van der Waals surface area contributed by atoms with Gasteiger partial charge in [-0.05, 0) is 63.6 Å². The molecule has 0 radical (unpaired) electrons. The standard InChI is InChI=1S/C24H32F3N3O/c1-17-12-20-21(4-2-5-22(20)30(17)15-24(25,26)27)28-18-6-8-19(9-7-18)29-13-23(14-29)10-3-11-31-16-23/h2,4-5,12,18-19,28H,3,6-11,13-16H2,1H3. The predicted molar refractivity (Wildman–Crippen MR) is 116 cm³/mol. The first-order valence-electron chi connectivity index (χ1n) is 11.6. The van der Waals surface area contributed by atoms with E-state index < -0.39 is 12.7 Å². The van der Waals surface area contributed by atoms with Gasteiger partial charge in [0.2, 0.25) is 0 Å². The molecule has 0 amide bonds. The lowest BCUT2D eigenvalue weighted by Crippen LogP contribution is -2.63. The number of aryl methyl sites for hydroxylation is 1. The summed E-state index contributed by atoms with van der Waals surface area (Å²) in [6.45, 7) is 5.02. The summed E-state index contributed by atoms with van der Waals surface area (Å²) in [5, 5.41) is 4.53. The fourth-order valence-electron chi connectivity index (χ4n) is 5.97. The molecule has 1 aromatic carbocycles. The van der Waals surface area contributed by atoms with Gasteiger partial charge in [0.15, 0.2) is 0 Å². The van der Waals surface area contributed by atoms with Crippen molar-refractivity contribution in [3.8, 4) is 0 Å². The Morgan fingerprint density at radius 2 is 1.94 bits per heavy atom. The van der Waals surface area contributed by atoms with Gasteiger partial charge in [0.1, 0.15) is 6.54 Å². The summed E-state index contributed by atoms with van der Waals surface area (Å²) in [5.41, 5.74) is 2.66. The van der Waals surface area contributed by atoms with Gasteiger partial charge >= 0.3 is 6.18 Å². The third-order valence-electron chi connectivity index (χ3n) is 7.54.